The van der Waals surface area contributed by atoms with Crippen LogP contribution in [0.2, 0.25) is 0 Å². The fraction of sp³-hybridized carbons (Fsp3) is 0.812. The van der Waals surface area contributed by atoms with E-state index in [2.05, 4.69) is 10.1 Å². The second-order valence-corrected chi connectivity index (χ2v) is 5.03. The van der Waals surface area contributed by atoms with E-state index >= 15 is 0 Å². The molecule has 0 aromatic rings. The Labute approximate surface area is 158 Å². The van der Waals surface area contributed by atoms with Crippen molar-refractivity contribution in [2.45, 2.75) is 6.92 Å². The SMILES string of the molecule is CC(=O)OCCOCCOCCOCCOCCNC(=O)COCC(=O)O. The van der Waals surface area contributed by atoms with E-state index in [1.807, 2.05) is 0 Å². The Morgan fingerprint density at radius 3 is 1.67 bits per heavy atom. The van der Waals surface area contributed by atoms with Crippen LogP contribution in [0.4, 0.5) is 0 Å². The van der Waals surface area contributed by atoms with Gasteiger partial charge in [-0.05, 0) is 0 Å². The first-order valence-electron chi connectivity index (χ1n) is 8.53. The third kappa shape index (κ3) is 22.2. The molecule has 0 saturated carbocycles. The lowest BCUT2D eigenvalue weighted by Gasteiger charge is -2.08. The van der Waals surface area contributed by atoms with E-state index in [9.17, 15) is 14.4 Å². The number of carbonyl (C=O) groups excluding carboxylic acids is 2. The molecule has 0 aromatic carbocycles. The van der Waals surface area contributed by atoms with Crippen LogP contribution in [-0.2, 0) is 42.8 Å². The van der Waals surface area contributed by atoms with Crippen molar-refractivity contribution in [1.82, 2.24) is 5.32 Å². The molecule has 0 spiro atoms. The highest BCUT2D eigenvalue weighted by Crippen LogP contribution is 1.84. The maximum absolute atomic E-state index is 11.2. The van der Waals surface area contributed by atoms with Crippen molar-refractivity contribution in [3.8, 4) is 0 Å². The van der Waals surface area contributed by atoms with Crippen LogP contribution in [0, 0.1) is 0 Å². The van der Waals surface area contributed by atoms with E-state index < -0.39 is 18.5 Å². The highest BCUT2D eigenvalue weighted by atomic mass is 16.6. The molecular formula is C16H29NO10. The minimum Gasteiger partial charge on any atom is -0.480 e. The van der Waals surface area contributed by atoms with Gasteiger partial charge in [-0.3, -0.25) is 9.59 Å². The quantitative estimate of drug-likeness (QED) is 0.203. The molecule has 0 unspecified atom stereocenters. The van der Waals surface area contributed by atoms with Crippen molar-refractivity contribution in [1.29, 1.82) is 0 Å². The predicted octanol–water partition coefficient (Wildman–Crippen LogP) is -1.17. The number of carbonyl (C=O) groups is 3. The standard InChI is InChI=1S/C16H29NO10/c1-14(18)27-11-10-25-9-8-24-7-6-23-5-4-22-3-2-17-15(19)12-26-13-16(20)21/h2-13H2,1H3,(H,17,19)(H,20,21). The van der Waals surface area contributed by atoms with Gasteiger partial charge in [0.2, 0.25) is 5.91 Å². The maximum Gasteiger partial charge on any atom is 0.329 e. The van der Waals surface area contributed by atoms with E-state index in [4.69, 9.17) is 28.8 Å². The Hall–Kier alpha value is -1.79. The van der Waals surface area contributed by atoms with Crippen molar-refractivity contribution in [3.05, 3.63) is 0 Å². The summed E-state index contributed by atoms with van der Waals surface area (Å²) < 4.78 is 30.4. The normalized spacial score (nSPS) is 10.6. The minimum absolute atomic E-state index is 0.237. The summed E-state index contributed by atoms with van der Waals surface area (Å²) in [6.45, 7) is 4.21. The lowest BCUT2D eigenvalue weighted by atomic mass is 10.6. The molecule has 158 valence electrons. The summed E-state index contributed by atoms with van der Waals surface area (Å²) >= 11 is 0. The average molecular weight is 395 g/mol. The van der Waals surface area contributed by atoms with E-state index in [0.717, 1.165) is 0 Å². The third-order valence-electron chi connectivity index (χ3n) is 2.68. The summed E-state index contributed by atoms with van der Waals surface area (Å²) in [7, 11) is 0. The summed E-state index contributed by atoms with van der Waals surface area (Å²) in [5.41, 5.74) is 0. The molecule has 0 saturated heterocycles. The number of ether oxygens (including phenoxy) is 6. The Bertz CT molecular complexity index is 405. The van der Waals surface area contributed by atoms with Crippen LogP contribution in [-0.4, -0.2) is 102 Å². The van der Waals surface area contributed by atoms with E-state index in [0.29, 0.717) is 59.4 Å². The summed E-state index contributed by atoms with van der Waals surface area (Å²) in [4.78, 5) is 31.9. The number of amides is 1. The number of carboxylic acid groups (broad SMARTS) is 1. The maximum atomic E-state index is 11.2. The molecule has 0 bridgehead atoms. The molecule has 0 aliphatic carbocycles. The molecule has 0 rings (SSSR count). The zero-order chi connectivity index (χ0) is 20.2. The summed E-state index contributed by atoms with van der Waals surface area (Å²) in [5.74, 6) is -1.85. The minimum atomic E-state index is -1.12. The second kappa shape index (κ2) is 19.0. The molecule has 2 N–H and O–H groups in total. The zero-order valence-corrected chi connectivity index (χ0v) is 15.6. The molecule has 1 amide bonds. The first-order valence-corrected chi connectivity index (χ1v) is 8.53. The van der Waals surface area contributed by atoms with Gasteiger partial charge >= 0.3 is 11.9 Å². The van der Waals surface area contributed by atoms with Crippen LogP contribution in [0.25, 0.3) is 0 Å². The Balaban J connectivity index is 3.13. The number of hydrogen-bond donors (Lipinski definition) is 2. The van der Waals surface area contributed by atoms with Crippen molar-refractivity contribution < 1.29 is 47.9 Å². The van der Waals surface area contributed by atoms with Gasteiger partial charge in [-0.25, -0.2) is 4.79 Å². The first kappa shape index (κ1) is 25.2. The zero-order valence-electron chi connectivity index (χ0n) is 15.6. The lowest BCUT2D eigenvalue weighted by Crippen LogP contribution is -2.31. The van der Waals surface area contributed by atoms with Crippen LogP contribution in [0.5, 0.6) is 0 Å². The van der Waals surface area contributed by atoms with Gasteiger partial charge in [0, 0.05) is 13.5 Å². The van der Waals surface area contributed by atoms with Crippen LogP contribution in [0.3, 0.4) is 0 Å². The highest BCUT2D eigenvalue weighted by molar-refractivity contribution is 5.77. The van der Waals surface area contributed by atoms with Crippen molar-refractivity contribution in [2.75, 3.05) is 79.2 Å². The van der Waals surface area contributed by atoms with E-state index in [1.165, 1.54) is 6.92 Å². The second-order valence-electron chi connectivity index (χ2n) is 5.03. The Kier molecular flexibility index (Phi) is 17.7. The van der Waals surface area contributed by atoms with Gasteiger partial charge in [-0.2, -0.15) is 0 Å². The number of aliphatic carboxylic acids is 1. The smallest absolute Gasteiger partial charge is 0.329 e. The van der Waals surface area contributed by atoms with Gasteiger partial charge in [-0.15, -0.1) is 0 Å². The average Bonchev–Trinajstić information content (AvgIpc) is 2.60. The molecule has 0 fully saturated rings. The number of esters is 1. The number of rotatable bonds is 19. The van der Waals surface area contributed by atoms with Crippen molar-refractivity contribution in [3.63, 3.8) is 0 Å². The first-order chi connectivity index (χ1) is 13.0. The van der Waals surface area contributed by atoms with Gasteiger partial charge < -0.3 is 38.8 Å². The number of hydrogen-bond acceptors (Lipinski definition) is 9. The molecule has 0 heterocycles. The third-order valence-corrected chi connectivity index (χ3v) is 2.68. The van der Waals surface area contributed by atoms with E-state index in [1.54, 1.807) is 0 Å². The number of nitrogens with one attached hydrogen (secondary N) is 1. The predicted molar refractivity (Wildman–Crippen MR) is 91.4 cm³/mol. The molecule has 0 radical (unpaired) electrons. The summed E-state index contributed by atoms with van der Waals surface area (Å²) in [5, 5.41) is 10.9. The molecule has 11 nitrogen and oxygen atoms in total. The molecule has 27 heavy (non-hydrogen) atoms. The molecule has 11 heteroatoms. The highest BCUT2D eigenvalue weighted by Gasteiger charge is 2.02. The van der Waals surface area contributed by atoms with Crippen LogP contribution in [0.1, 0.15) is 6.92 Å². The fourth-order valence-corrected chi connectivity index (χ4v) is 1.55. The Morgan fingerprint density at radius 1 is 0.704 bits per heavy atom. The van der Waals surface area contributed by atoms with Crippen molar-refractivity contribution in [2.24, 2.45) is 0 Å². The van der Waals surface area contributed by atoms with Crippen LogP contribution in [0.15, 0.2) is 0 Å². The summed E-state index contributed by atoms with van der Waals surface area (Å²) in [6, 6.07) is 0. The Morgan fingerprint density at radius 2 is 1.19 bits per heavy atom. The topological polar surface area (TPSA) is 139 Å². The van der Waals surface area contributed by atoms with Crippen LogP contribution >= 0.6 is 0 Å². The molecule has 0 atom stereocenters. The van der Waals surface area contributed by atoms with Gasteiger partial charge in [0.15, 0.2) is 0 Å². The monoisotopic (exact) mass is 395 g/mol. The fourth-order valence-electron chi connectivity index (χ4n) is 1.55. The van der Waals surface area contributed by atoms with Gasteiger partial charge in [-0.1, -0.05) is 0 Å². The molecular weight excluding hydrogens is 366 g/mol. The van der Waals surface area contributed by atoms with Gasteiger partial charge in [0.1, 0.15) is 19.8 Å². The molecule has 0 aliphatic heterocycles. The molecule has 0 aliphatic rings. The largest absolute Gasteiger partial charge is 0.480 e. The van der Waals surface area contributed by atoms with E-state index in [-0.39, 0.29) is 19.2 Å². The van der Waals surface area contributed by atoms with Gasteiger partial charge in [0.25, 0.3) is 0 Å². The molecule has 0 aromatic heterocycles. The summed E-state index contributed by atoms with van der Waals surface area (Å²) in [6.07, 6.45) is 0. The van der Waals surface area contributed by atoms with Crippen LogP contribution < -0.4 is 5.32 Å². The lowest BCUT2D eigenvalue weighted by molar-refractivity contribution is -0.144. The number of carboxylic acids is 1. The van der Waals surface area contributed by atoms with Gasteiger partial charge in [0.05, 0.1) is 52.9 Å². The van der Waals surface area contributed by atoms with Crippen molar-refractivity contribution >= 4 is 17.8 Å².